The van der Waals surface area contributed by atoms with Gasteiger partial charge in [0.25, 0.3) is 0 Å². The van der Waals surface area contributed by atoms with Crippen molar-refractivity contribution in [1.82, 2.24) is 10.3 Å². The fourth-order valence-corrected chi connectivity index (χ4v) is 3.47. The molecule has 1 N–H and O–H groups in total. The Bertz CT molecular complexity index is 545. The molecule has 0 radical (unpaired) electrons. The van der Waals surface area contributed by atoms with Gasteiger partial charge in [-0.05, 0) is 12.1 Å². The molecule has 1 aliphatic rings. The molecule has 104 valence electrons. The summed E-state index contributed by atoms with van der Waals surface area (Å²) in [5, 5.41) is 3.06. The van der Waals surface area contributed by atoms with Gasteiger partial charge in [-0.25, -0.2) is 13.4 Å². The Morgan fingerprint density at radius 3 is 2.95 bits per heavy atom. The molecule has 7 heteroatoms. The fraction of sp³-hybridized carbons (Fsp3) is 0.500. The van der Waals surface area contributed by atoms with Crippen molar-refractivity contribution >= 4 is 21.6 Å². The molecular formula is C12H17N3O3S. The number of carbonyl (C=O) groups excluding carboxylic acids is 1. The molecule has 1 aromatic rings. The number of anilines is 1. The lowest BCUT2D eigenvalue weighted by molar-refractivity contribution is -0.118. The average Bonchev–Trinajstić information content (AvgIpc) is 2.37. The minimum atomic E-state index is -3.02. The van der Waals surface area contributed by atoms with Crippen LogP contribution in [0.1, 0.15) is 6.42 Å². The average molecular weight is 283 g/mol. The van der Waals surface area contributed by atoms with E-state index in [9.17, 15) is 13.2 Å². The van der Waals surface area contributed by atoms with Crippen LogP contribution in [0.3, 0.4) is 0 Å². The van der Waals surface area contributed by atoms with Crippen molar-refractivity contribution in [2.24, 2.45) is 0 Å². The van der Waals surface area contributed by atoms with Crippen LogP contribution >= 0.6 is 0 Å². The third-order valence-electron chi connectivity index (χ3n) is 3.09. The summed E-state index contributed by atoms with van der Waals surface area (Å²) < 4.78 is 23.0. The minimum Gasteiger partial charge on any atom is -0.311 e. The summed E-state index contributed by atoms with van der Waals surface area (Å²) in [5.74, 6) is 0.585. The van der Waals surface area contributed by atoms with E-state index in [-0.39, 0.29) is 29.9 Å². The predicted molar refractivity (Wildman–Crippen MR) is 72.7 cm³/mol. The highest BCUT2D eigenvalue weighted by atomic mass is 32.2. The molecule has 1 fully saturated rings. The number of pyridine rings is 1. The van der Waals surface area contributed by atoms with Gasteiger partial charge >= 0.3 is 0 Å². The molecule has 6 nitrogen and oxygen atoms in total. The summed E-state index contributed by atoms with van der Waals surface area (Å²) >= 11 is 0. The molecule has 1 amide bonds. The van der Waals surface area contributed by atoms with Crippen LogP contribution in [0, 0.1) is 0 Å². The molecule has 2 heterocycles. The van der Waals surface area contributed by atoms with E-state index in [4.69, 9.17) is 0 Å². The van der Waals surface area contributed by atoms with E-state index in [1.54, 1.807) is 31.4 Å². The van der Waals surface area contributed by atoms with Crippen LogP contribution in [-0.4, -0.2) is 50.4 Å². The first-order valence-electron chi connectivity index (χ1n) is 6.09. The smallest absolute Gasteiger partial charge is 0.229 e. The summed E-state index contributed by atoms with van der Waals surface area (Å²) in [5.41, 5.74) is 0. The zero-order valence-corrected chi connectivity index (χ0v) is 11.6. The van der Waals surface area contributed by atoms with E-state index in [0.29, 0.717) is 12.4 Å². The Morgan fingerprint density at radius 1 is 1.53 bits per heavy atom. The first kappa shape index (κ1) is 14.0. The number of nitrogens with zero attached hydrogens (tertiary/aromatic N) is 2. The molecule has 0 aromatic carbocycles. The molecule has 1 unspecified atom stereocenters. The number of aromatic nitrogens is 1. The minimum absolute atomic E-state index is 0.0226. The maximum atomic E-state index is 12.1. The second-order valence-electron chi connectivity index (χ2n) is 4.61. The van der Waals surface area contributed by atoms with Gasteiger partial charge in [-0.15, -0.1) is 0 Å². The topological polar surface area (TPSA) is 79.4 Å². The van der Waals surface area contributed by atoms with E-state index in [1.807, 2.05) is 0 Å². The van der Waals surface area contributed by atoms with E-state index in [2.05, 4.69) is 10.3 Å². The van der Waals surface area contributed by atoms with Gasteiger partial charge in [-0.1, -0.05) is 6.07 Å². The lowest BCUT2D eigenvalue weighted by Crippen LogP contribution is -2.47. The lowest BCUT2D eigenvalue weighted by Gasteiger charge is -2.25. The Labute approximate surface area is 112 Å². The molecule has 1 aromatic heterocycles. The summed E-state index contributed by atoms with van der Waals surface area (Å²) in [6, 6.07) is 5.01. The van der Waals surface area contributed by atoms with Gasteiger partial charge in [-0.2, -0.15) is 0 Å². The van der Waals surface area contributed by atoms with Crippen LogP contribution in [0.15, 0.2) is 24.4 Å². The third kappa shape index (κ3) is 3.74. The molecule has 0 spiro atoms. The highest BCUT2D eigenvalue weighted by molar-refractivity contribution is 7.91. The highest BCUT2D eigenvalue weighted by Crippen LogP contribution is 2.11. The van der Waals surface area contributed by atoms with Crippen LogP contribution in [0.5, 0.6) is 0 Å². The van der Waals surface area contributed by atoms with Crippen molar-refractivity contribution in [3.05, 3.63) is 24.4 Å². The molecular weight excluding hydrogens is 266 g/mol. The van der Waals surface area contributed by atoms with Crippen molar-refractivity contribution in [2.75, 3.05) is 30.0 Å². The van der Waals surface area contributed by atoms with Crippen LogP contribution in [0.4, 0.5) is 5.82 Å². The van der Waals surface area contributed by atoms with Crippen molar-refractivity contribution in [1.29, 1.82) is 0 Å². The first-order chi connectivity index (χ1) is 8.98. The molecule has 19 heavy (non-hydrogen) atoms. The maximum absolute atomic E-state index is 12.1. The molecule has 0 aliphatic carbocycles. The van der Waals surface area contributed by atoms with Crippen molar-refractivity contribution < 1.29 is 13.2 Å². The molecule has 2 rings (SSSR count). The number of carbonyl (C=O) groups is 1. The van der Waals surface area contributed by atoms with Crippen LogP contribution < -0.4 is 10.2 Å². The van der Waals surface area contributed by atoms with Crippen molar-refractivity contribution in [3.8, 4) is 0 Å². The number of nitrogens with one attached hydrogen (secondary N) is 1. The van der Waals surface area contributed by atoms with Gasteiger partial charge < -0.3 is 5.32 Å². The van der Waals surface area contributed by atoms with Gasteiger partial charge in [0.1, 0.15) is 5.82 Å². The van der Waals surface area contributed by atoms with E-state index in [0.717, 1.165) is 0 Å². The summed E-state index contributed by atoms with van der Waals surface area (Å²) in [6.07, 6.45) is 1.77. The van der Waals surface area contributed by atoms with Crippen LogP contribution in [-0.2, 0) is 14.6 Å². The van der Waals surface area contributed by atoms with Crippen LogP contribution in [0.25, 0.3) is 0 Å². The first-order valence-corrected chi connectivity index (χ1v) is 7.91. The largest absolute Gasteiger partial charge is 0.311 e. The number of hydrogen-bond acceptors (Lipinski definition) is 5. The zero-order valence-electron chi connectivity index (χ0n) is 10.7. The fourth-order valence-electron chi connectivity index (χ4n) is 2.03. The second kappa shape index (κ2) is 5.66. The van der Waals surface area contributed by atoms with Crippen LogP contribution in [0.2, 0.25) is 0 Å². The second-order valence-corrected chi connectivity index (χ2v) is 6.84. The van der Waals surface area contributed by atoms with Crippen molar-refractivity contribution in [2.45, 2.75) is 12.5 Å². The highest BCUT2D eigenvalue weighted by Gasteiger charge is 2.27. The predicted octanol–water partition coefficient (Wildman–Crippen LogP) is -0.179. The van der Waals surface area contributed by atoms with Gasteiger partial charge in [0.15, 0.2) is 9.84 Å². The monoisotopic (exact) mass is 283 g/mol. The van der Waals surface area contributed by atoms with E-state index < -0.39 is 9.84 Å². The molecule has 0 saturated carbocycles. The summed E-state index contributed by atoms with van der Waals surface area (Å²) in [7, 11) is -1.38. The molecule has 1 aliphatic heterocycles. The normalized spacial score (nSPS) is 21.8. The Balaban J connectivity index is 1.98. The Kier molecular flexibility index (Phi) is 4.16. The maximum Gasteiger partial charge on any atom is 0.229 e. The summed E-state index contributed by atoms with van der Waals surface area (Å²) in [4.78, 5) is 17.6. The molecule has 0 bridgehead atoms. The standard InChI is InChI=1S/C12H17N3O3S/c1-15(11-4-2-3-5-14-11)12(16)8-10-9-19(17,18)7-6-13-10/h2-5,10,13H,6-9H2,1H3. The Morgan fingerprint density at radius 2 is 2.32 bits per heavy atom. The van der Waals surface area contributed by atoms with Gasteiger partial charge in [0.05, 0.1) is 11.5 Å². The summed E-state index contributed by atoms with van der Waals surface area (Å²) in [6.45, 7) is 0.410. The third-order valence-corrected chi connectivity index (χ3v) is 4.83. The quantitative estimate of drug-likeness (QED) is 0.832. The van der Waals surface area contributed by atoms with Gasteiger partial charge in [-0.3, -0.25) is 9.69 Å². The SMILES string of the molecule is CN(C(=O)CC1CS(=O)(=O)CCN1)c1ccccn1. The number of sulfone groups is 1. The van der Waals surface area contributed by atoms with Gasteiger partial charge in [0.2, 0.25) is 5.91 Å². The number of hydrogen-bond donors (Lipinski definition) is 1. The van der Waals surface area contributed by atoms with Crippen molar-refractivity contribution in [3.63, 3.8) is 0 Å². The molecule has 1 saturated heterocycles. The number of rotatable bonds is 3. The van der Waals surface area contributed by atoms with Gasteiger partial charge in [0, 0.05) is 32.3 Å². The Hall–Kier alpha value is -1.47. The molecule has 1 atom stereocenters. The number of amides is 1. The van der Waals surface area contributed by atoms with E-state index >= 15 is 0 Å². The zero-order chi connectivity index (χ0) is 13.9. The lowest BCUT2D eigenvalue weighted by atomic mass is 10.2. The van der Waals surface area contributed by atoms with E-state index in [1.165, 1.54) is 4.90 Å².